The van der Waals surface area contributed by atoms with E-state index in [1.165, 1.54) is 31.2 Å². The van der Waals surface area contributed by atoms with Crippen LogP contribution in [0, 0.1) is 0 Å². The molecule has 2 heteroatoms. The lowest BCUT2D eigenvalue weighted by molar-refractivity contribution is 0.0620. The second-order valence-corrected chi connectivity index (χ2v) is 6.34. The van der Waals surface area contributed by atoms with Crippen LogP contribution >= 0.6 is 0 Å². The maximum absolute atomic E-state index is 5.43. The molecule has 0 bridgehead atoms. The highest BCUT2D eigenvalue weighted by Crippen LogP contribution is 2.24. The van der Waals surface area contributed by atoms with Crippen molar-refractivity contribution in [1.82, 2.24) is 5.32 Å². The highest BCUT2D eigenvalue weighted by molar-refractivity contribution is 5.23. The van der Waals surface area contributed by atoms with Gasteiger partial charge in [0.15, 0.2) is 0 Å². The number of nitrogens with one attached hydrogen (secondary N) is 1. The summed E-state index contributed by atoms with van der Waals surface area (Å²) in [6.07, 6.45) is 5.35. The van der Waals surface area contributed by atoms with E-state index < -0.39 is 0 Å². The summed E-state index contributed by atoms with van der Waals surface area (Å²) in [6, 6.07) is 11.4. The first-order chi connectivity index (χ1) is 9.12. The van der Waals surface area contributed by atoms with Crippen LogP contribution in [0.2, 0.25) is 0 Å². The minimum absolute atomic E-state index is 0.194. The smallest absolute Gasteiger partial charge is 0.0572 e. The SMILES string of the molecule is COC1CCC(NCC(C)(C)c2ccccc2)CC1. The Balaban J connectivity index is 1.82. The Labute approximate surface area is 117 Å². The Morgan fingerprint density at radius 3 is 2.32 bits per heavy atom. The molecular formula is C17H27NO. The van der Waals surface area contributed by atoms with E-state index in [2.05, 4.69) is 49.5 Å². The Morgan fingerprint density at radius 2 is 1.74 bits per heavy atom. The van der Waals surface area contributed by atoms with Crippen LogP contribution in [0.15, 0.2) is 30.3 Å². The molecule has 0 spiro atoms. The predicted molar refractivity (Wildman–Crippen MR) is 80.5 cm³/mol. The van der Waals surface area contributed by atoms with Gasteiger partial charge in [0.2, 0.25) is 0 Å². The molecule has 0 atom stereocenters. The topological polar surface area (TPSA) is 21.3 Å². The van der Waals surface area contributed by atoms with Gasteiger partial charge in [-0.2, -0.15) is 0 Å². The number of rotatable bonds is 5. The summed E-state index contributed by atoms with van der Waals surface area (Å²) in [4.78, 5) is 0. The molecule has 1 aromatic carbocycles. The van der Waals surface area contributed by atoms with Crippen molar-refractivity contribution < 1.29 is 4.74 Å². The van der Waals surface area contributed by atoms with Gasteiger partial charge in [-0.1, -0.05) is 44.2 Å². The molecular weight excluding hydrogens is 234 g/mol. The number of methoxy groups -OCH3 is 1. The molecule has 19 heavy (non-hydrogen) atoms. The number of hydrogen-bond donors (Lipinski definition) is 1. The Hall–Kier alpha value is -0.860. The maximum Gasteiger partial charge on any atom is 0.0572 e. The second kappa shape index (κ2) is 6.53. The zero-order valence-corrected chi connectivity index (χ0v) is 12.5. The van der Waals surface area contributed by atoms with Gasteiger partial charge in [-0.05, 0) is 31.2 Å². The summed E-state index contributed by atoms with van der Waals surface area (Å²) in [5.41, 5.74) is 1.60. The van der Waals surface area contributed by atoms with Gasteiger partial charge < -0.3 is 10.1 Å². The first-order valence-electron chi connectivity index (χ1n) is 7.43. The molecule has 0 aliphatic heterocycles. The van der Waals surface area contributed by atoms with E-state index in [-0.39, 0.29) is 5.41 Å². The van der Waals surface area contributed by atoms with Gasteiger partial charge in [-0.15, -0.1) is 0 Å². The van der Waals surface area contributed by atoms with Crippen LogP contribution in [0.5, 0.6) is 0 Å². The first kappa shape index (κ1) is 14.5. The van der Waals surface area contributed by atoms with Crippen LogP contribution in [0.3, 0.4) is 0 Å². The fourth-order valence-electron chi connectivity index (χ4n) is 2.89. The number of hydrogen-bond acceptors (Lipinski definition) is 2. The van der Waals surface area contributed by atoms with Crippen molar-refractivity contribution in [2.45, 2.75) is 57.1 Å². The minimum atomic E-state index is 0.194. The van der Waals surface area contributed by atoms with Crippen LogP contribution in [0.1, 0.15) is 45.1 Å². The molecule has 1 aromatic rings. The molecule has 1 saturated carbocycles. The molecule has 2 nitrogen and oxygen atoms in total. The van der Waals surface area contributed by atoms with Crippen LogP contribution < -0.4 is 5.32 Å². The molecule has 0 radical (unpaired) electrons. The lowest BCUT2D eigenvalue weighted by Gasteiger charge is -2.32. The summed E-state index contributed by atoms with van der Waals surface area (Å²) < 4.78 is 5.43. The van der Waals surface area contributed by atoms with Crippen molar-refractivity contribution in [1.29, 1.82) is 0 Å². The van der Waals surface area contributed by atoms with Crippen molar-refractivity contribution in [2.24, 2.45) is 0 Å². The standard InChI is InChI=1S/C17H27NO/c1-17(2,14-7-5-4-6-8-14)13-18-15-9-11-16(19-3)12-10-15/h4-8,15-16,18H,9-13H2,1-3H3. The third-order valence-electron chi connectivity index (χ3n) is 4.40. The average Bonchev–Trinajstić information content (AvgIpc) is 2.47. The molecule has 0 heterocycles. The molecule has 1 aliphatic carbocycles. The van der Waals surface area contributed by atoms with Gasteiger partial charge in [0.1, 0.15) is 0 Å². The lowest BCUT2D eigenvalue weighted by Crippen LogP contribution is -2.41. The Kier molecular flexibility index (Phi) is 5.00. The van der Waals surface area contributed by atoms with Gasteiger partial charge in [0, 0.05) is 25.1 Å². The largest absolute Gasteiger partial charge is 0.381 e. The second-order valence-electron chi connectivity index (χ2n) is 6.34. The van der Waals surface area contributed by atoms with Crippen molar-refractivity contribution in [3.63, 3.8) is 0 Å². The summed E-state index contributed by atoms with van der Waals surface area (Å²) >= 11 is 0. The van der Waals surface area contributed by atoms with Crippen molar-refractivity contribution in [3.8, 4) is 0 Å². The van der Waals surface area contributed by atoms with Gasteiger partial charge in [-0.3, -0.25) is 0 Å². The fraction of sp³-hybridized carbons (Fsp3) is 0.647. The molecule has 0 aromatic heterocycles. The van der Waals surface area contributed by atoms with E-state index in [0.717, 1.165) is 6.54 Å². The normalized spacial score (nSPS) is 24.4. The van der Waals surface area contributed by atoms with Crippen LogP contribution in [-0.4, -0.2) is 25.8 Å². The summed E-state index contributed by atoms with van der Waals surface area (Å²) in [5, 5.41) is 3.75. The van der Waals surface area contributed by atoms with Crippen LogP contribution in [0.25, 0.3) is 0 Å². The maximum atomic E-state index is 5.43. The third-order valence-corrected chi connectivity index (χ3v) is 4.40. The summed E-state index contributed by atoms with van der Waals surface area (Å²) in [7, 11) is 1.83. The van der Waals surface area contributed by atoms with Gasteiger partial charge >= 0.3 is 0 Å². The monoisotopic (exact) mass is 261 g/mol. The van der Waals surface area contributed by atoms with E-state index in [1.54, 1.807) is 0 Å². The van der Waals surface area contributed by atoms with Crippen LogP contribution in [0.4, 0.5) is 0 Å². The highest BCUT2D eigenvalue weighted by atomic mass is 16.5. The molecule has 0 amide bonds. The van der Waals surface area contributed by atoms with Crippen molar-refractivity contribution >= 4 is 0 Å². The van der Waals surface area contributed by atoms with E-state index in [1.807, 2.05) is 7.11 Å². The Morgan fingerprint density at radius 1 is 1.11 bits per heavy atom. The van der Waals surface area contributed by atoms with Crippen LogP contribution in [-0.2, 0) is 10.2 Å². The van der Waals surface area contributed by atoms with E-state index in [4.69, 9.17) is 4.74 Å². The van der Waals surface area contributed by atoms with Crippen molar-refractivity contribution in [3.05, 3.63) is 35.9 Å². The number of ether oxygens (including phenoxy) is 1. The molecule has 1 N–H and O–H groups in total. The van der Waals surface area contributed by atoms with Gasteiger partial charge in [0.05, 0.1) is 6.10 Å². The number of benzene rings is 1. The van der Waals surface area contributed by atoms with Gasteiger partial charge in [0.25, 0.3) is 0 Å². The van der Waals surface area contributed by atoms with E-state index in [0.29, 0.717) is 12.1 Å². The molecule has 1 fully saturated rings. The zero-order chi connectivity index (χ0) is 13.7. The first-order valence-corrected chi connectivity index (χ1v) is 7.43. The molecule has 0 saturated heterocycles. The summed E-state index contributed by atoms with van der Waals surface area (Å²) in [6.45, 7) is 5.67. The third kappa shape index (κ3) is 4.05. The zero-order valence-electron chi connectivity index (χ0n) is 12.5. The molecule has 1 aliphatic rings. The average molecular weight is 261 g/mol. The summed E-state index contributed by atoms with van der Waals surface area (Å²) in [5.74, 6) is 0. The molecule has 2 rings (SSSR count). The van der Waals surface area contributed by atoms with E-state index in [9.17, 15) is 0 Å². The predicted octanol–water partition coefficient (Wildman–Crippen LogP) is 3.51. The molecule has 0 unspecified atom stereocenters. The minimum Gasteiger partial charge on any atom is -0.381 e. The molecule has 106 valence electrons. The quantitative estimate of drug-likeness (QED) is 0.875. The van der Waals surface area contributed by atoms with Crippen molar-refractivity contribution in [2.75, 3.05) is 13.7 Å². The Bertz CT molecular complexity index is 366. The van der Waals surface area contributed by atoms with E-state index >= 15 is 0 Å². The lowest BCUT2D eigenvalue weighted by atomic mass is 9.83. The highest BCUT2D eigenvalue weighted by Gasteiger charge is 2.24. The van der Waals surface area contributed by atoms with Gasteiger partial charge in [-0.25, -0.2) is 0 Å². The fourth-order valence-corrected chi connectivity index (χ4v) is 2.89.